The molecule has 2 atom stereocenters. The topological polar surface area (TPSA) is 60.0 Å². The smallest absolute Gasteiger partial charge is 0.353 e. The minimum absolute atomic E-state index is 0.252. The van der Waals surface area contributed by atoms with E-state index in [-0.39, 0.29) is 5.41 Å². The van der Waals surface area contributed by atoms with Gasteiger partial charge in [-0.25, -0.2) is 0 Å². The van der Waals surface area contributed by atoms with Crippen LogP contribution in [0.1, 0.15) is 36.3 Å². The van der Waals surface area contributed by atoms with Gasteiger partial charge in [0.25, 0.3) is 0 Å². The molecule has 1 aromatic carbocycles. The molecule has 1 saturated carbocycles. The number of halogens is 3. The fourth-order valence-corrected chi connectivity index (χ4v) is 5.62. The number of alkyl halides is 3. The average molecular weight is 464 g/mol. The molecule has 10 heteroatoms. The van der Waals surface area contributed by atoms with Gasteiger partial charge in [0.05, 0.1) is 11.8 Å². The molecule has 5 rings (SSSR count). The van der Waals surface area contributed by atoms with Crippen molar-refractivity contribution < 1.29 is 17.7 Å². The molecule has 32 heavy (non-hydrogen) atoms. The largest absolute Gasteiger partial charge is 0.416 e. The van der Waals surface area contributed by atoms with E-state index < -0.39 is 11.7 Å². The minimum Gasteiger partial charge on any atom is -0.353 e. The number of likely N-dealkylation sites (tertiary alicyclic amines) is 1. The van der Waals surface area contributed by atoms with Gasteiger partial charge in [-0.1, -0.05) is 29.1 Å². The van der Waals surface area contributed by atoms with Gasteiger partial charge in [-0.2, -0.15) is 13.2 Å². The highest BCUT2D eigenvalue weighted by Crippen LogP contribution is 2.64. The van der Waals surface area contributed by atoms with Crippen LogP contribution in [0.5, 0.6) is 0 Å². The molecule has 6 nitrogen and oxygen atoms in total. The first-order valence-corrected chi connectivity index (χ1v) is 11.7. The van der Waals surface area contributed by atoms with Crippen LogP contribution in [0, 0.1) is 5.41 Å². The first-order valence-electron chi connectivity index (χ1n) is 10.7. The summed E-state index contributed by atoms with van der Waals surface area (Å²) in [7, 11) is 1.92. The van der Waals surface area contributed by atoms with E-state index >= 15 is 0 Å². The summed E-state index contributed by atoms with van der Waals surface area (Å²) < 4.78 is 45.5. The summed E-state index contributed by atoms with van der Waals surface area (Å²) in [4.78, 5) is 2.49. The van der Waals surface area contributed by atoms with Crippen LogP contribution in [-0.2, 0) is 13.2 Å². The second-order valence-corrected chi connectivity index (χ2v) is 9.77. The molecule has 170 valence electrons. The van der Waals surface area contributed by atoms with E-state index in [2.05, 4.69) is 20.3 Å². The van der Waals surface area contributed by atoms with Gasteiger partial charge < -0.3 is 14.0 Å². The predicted molar refractivity (Wildman–Crippen MR) is 114 cm³/mol. The number of nitrogens with zero attached hydrogens (tertiary/aromatic N) is 5. The van der Waals surface area contributed by atoms with Gasteiger partial charge in [0.2, 0.25) is 11.6 Å². The Kier molecular flexibility index (Phi) is 5.53. The van der Waals surface area contributed by atoms with Gasteiger partial charge in [0.1, 0.15) is 0 Å². The molecule has 0 N–H and O–H groups in total. The molecule has 1 spiro atoms. The Labute approximate surface area is 188 Å². The minimum atomic E-state index is -4.27. The van der Waals surface area contributed by atoms with E-state index in [4.69, 9.17) is 4.52 Å². The summed E-state index contributed by atoms with van der Waals surface area (Å²) in [5.41, 5.74) is 0.722. The second kappa shape index (κ2) is 8.22. The van der Waals surface area contributed by atoms with Crippen LogP contribution < -0.4 is 0 Å². The monoisotopic (exact) mass is 463 g/mol. The Morgan fingerprint density at radius 3 is 2.72 bits per heavy atom. The first kappa shape index (κ1) is 21.5. The molecule has 1 aliphatic heterocycles. The van der Waals surface area contributed by atoms with Crippen molar-refractivity contribution in [1.82, 2.24) is 24.8 Å². The lowest BCUT2D eigenvalue weighted by molar-refractivity contribution is -0.137. The molecule has 0 amide bonds. The van der Waals surface area contributed by atoms with Crippen LogP contribution in [-0.4, -0.2) is 50.2 Å². The maximum absolute atomic E-state index is 12.8. The van der Waals surface area contributed by atoms with Crippen LogP contribution in [0.4, 0.5) is 13.2 Å². The van der Waals surface area contributed by atoms with Crippen LogP contribution in [0.15, 0.2) is 46.2 Å². The Morgan fingerprint density at radius 1 is 1.19 bits per heavy atom. The number of thioether (sulfide) groups is 1. The fraction of sp³-hybridized carbons (Fsp3) is 0.500. The third-order valence-corrected chi connectivity index (χ3v) is 7.74. The van der Waals surface area contributed by atoms with Crippen molar-refractivity contribution in [2.45, 2.75) is 36.5 Å². The molecule has 1 aliphatic carbocycles. The summed E-state index contributed by atoms with van der Waals surface area (Å²) in [6, 6.07) is 7.51. The van der Waals surface area contributed by atoms with Crippen molar-refractivity contribution in [2.75, 3.05) is 25.4 Å². The standard InChI is InChI=1S/C22H24F3N5OS/c1-29-19(18-7-9-26-31-18)27-28-20(29)32-12-2-10-30-11-8-21(14-30)13-17(21)15-3-5-16(6-4-15)22(23,24)25/h3-7,9,17H,2,8,10-14H2,1H3/t17-,21+/m0/s1. The lowest BCUT2D eigenvalue weighted by Crippen LogP contribution is -2.23. The highest BCUT2D eigenvalue weighted by molar-refractivity contribution is 7.99. The number of aromatic nitrogens is 4. The molecule has 2 aromatic heterocycles. The van der Waals surface area contributed by atoms with Crippen LogP contribution in [0.2, 0.25) is 0 Å². The predicted octanol–water partition coefficient (Wildman–Crippen LogP) is 4.85. The molecular formula is C22H24F3N5OS. The van der Waals surface area contributed by atoms with E-state index in [1.807, 2.05) is 11.6 Å². The SMILES string of the molecule is Cn1c(SCCCN2CC[C@@]3(C[C@H]3c3ccc(C(F)(F)F)cc3)C2)nnc1-c1ccno1. The molecule has 1 saturated heterocycles. The summed E-state index contributed by atoms with van der Waals surface area (Å²) in [6.45, 7) is 3.10. The Bertz CT molecular complexity index is 1070. The van der Waals surface area contributed by atoms with Gasteiger partial charge in [0.15, 0.2) is 5.16 Å². The number of benzene rings is 1. The zero-order valence-electron chi connectivity index (χ0n) is 17.7. The van der Waals surface area contributed by atoms with Crippen molar-refractivity contribution in [3.05, 3.63) is 47.7 Å². The molecule has 0 radical (unpaired) electrons. The van der Waals surface area contributed by atoms with Crippen LogP contribution in [0.3, 0.4) is 0 Å². The molecule has 3 aromatic rings. The zero-order chi connectivity index (χ0) is 22.3. The highest BCUT2D eigenvalue weighted by atomic mass is 32.2. The highest BCUT2D eigenvalue weighted by Gasteiger charge is 2.57. The van der Waals surface area contributed by atoms with Crippen LogP contribution in [0.25, 0.3) is 11.6 Å². The third kappa shape index (κ3) is 4.17. The Balaban J connectivity index is 1.08. The maximum atomic E-state index is 12.8. The van der Waals surface area contributed by atoms with Crippen molar-refractivity contribution >= 4 is 11.8 Å². The van der Waals surface area contributed by atoms with Gasteiger partial charge in [-0.3, -0.25) is 0 Å². The molecule has 2 aliphatic rings. The summed E-state index contributed by atoms with van der Waals surface area (Å²) >= 11 is 1.67. The summed E-state index contributed by atoms with van der Waals surface area (Å²) in [6.07, 6.45) is 0.547. The Morgan fingerprint density at radius 2 is 2.00 bits per heavy atom. The lowest BCUT2D eigenvalue weighted by Gasteiger charge is -2.16. The quantitative estimate of drug-likeness (QED) is 0.369. The Hall–Kier alpha value is -2.33. The fourth-order valence-electron chi connectivity index (χ4n) is 4.79. The molecular weight excluding hydrogens is 439 g/mol. The molecule has 0 bridgehead atoms. The second-order valence-electron chi connectivity index (χ2n) is 8.71. The maximum Gasteiger partial charge on any atom is 0.416 e. The van der Waals surface area contributed by atoms with E-state index in [0.29, 0.717) is 17.5 Å². The molecule has 2 fully saturated rings. The van der Waals surface area contributed by atoms with E-state index in [1.165, 1.54) is 12.1 Å². The van der Waals surface area contributed by atoms with Crippen molar-refractivity contribution in [1.29, 1.82) is 0 Å². The van der Waals surface area contributed by atoms with Crippen LogP contribution >= 0.6 is 11.8 Å². The van der Waals surface area contributed by atoms with E-state index in [9.17, 15) is 13.2 Å². The van der Waals surface area contributed by atoms with Gasteiger partial charge >= 0.3 is 6.18 Å². The summed E-state index contributed by atoms with van der Waals surface area (Å²) in [5.74, 6) is 2.59. The molecule has 3 heterocycles. The zero-order valence-corrected chi connectivity index (χ0v) is 18.5. The van der Waals surface area contributed by atoms with E-state index in [1.54, 1.807) is 36.2 Å². The van der Waals surface area contributed by atoms with Crippen molar-refractivity contribution in [3.8, 4) is 11.6 Å². The summed E-state index contributed by atoms with van der Waals surface area (Å²) in [5, 5.41) is 13.0. The number of rotatable bonds is 7. The van der Waals surface area contributed by atoms with E-state index in [0.717, 1.165) is 55.4 Å². The molecule has 0 unspecified atom stereocenters. The normalized spacial score (nSPS) is 23.3. The van der Waals surface area contributed by atoms with Gasteiger partial charge in [0, 0.05) is 25.4 Å². The van der Waals surface area contributed by atoms with Crippen molar-refractivity contribution in [3.63, 3.8) is 0 Å². The van der Waals surface area contributed by atoms with Crippen molar-refractivity contribution in [2.24, 2.45) is 12.5 Å². The first-order chi connectivity index (χ1) is 15.4. The third-order valence-electron chi connectivity index (χ3n) is 6.64. The van der Waals surface area contributed by atoms with Gasteiger partial charge in [-0.15, -0.1) is 10.2 Å². The number of hydrogen-bond acceptors (Lipinski definition) is 6. The number of hydrogen-bond donors (Lipinski definition) is 0. The average Bonchev–Trinajstić information content (AvgIpc) is 3.16. The lowest BCUT2D eigenvalue weighted by atomic mass is 9.97. The van der Waals surface area contributed by atoms with Gasteiger partial charge in [-0.05, 0) is 61.4 Å².